The third-order valence-electron chi connectivity index (χ3n) is 6.83. The second kappa shape index (κ2) is 4.38. The standard InChI is InChI=1S/C19H27NO/c1-12-4-17(12)18-3-2-16(21-18)11-20-19-8-13-5-14(9-19)7-15(6-13)10-19/h2-3,12-15,17,20H,4-11H2,1H3. The molecule has 1 N–H and O–H groups in total. The molecule has 0 saturated heterocycles. The number of hydrogen-bond donors (Lipinski definition) is 1. The van der Waals surface area contributed by atoms with Crippen LogP contribution >= 0.6 is 0 Å². The van der Waals surface area contributed by atoms with Gasteiger partial charge in [-0.3, -0.25) is 0 Å². The molecule has 0 aliphatic heterocycles. The van der Waals surface area contributed by atoms with E-state index >= 15 is 0 Å². The molecule has 0 amide bonds. The lowest BCUT2D eigenvalue weighted by molar-refractivity contribution is -0.0213. The highest BCUT2D eigenvalue weighted by atomic mass is 16.3. The molecule has 1 aromatic rings. The van der Waals surface area contributed by atoms with Gasteiger partial charge in [-0.25, -0.2) is 0 Å². The Morgan fingerprint density at radius 3 is 2.24 bits per heavy atom. The molecule has 2 atom stereocenters. The highest BCUT2D eigenvalue weighted by molar-refractivity contribution is 5.18. The van der Waals surface area contributed by atoms with E-state index in [4.69, 9.17) is 4.42 Å². The second-order valence-corrected chi connectivity index (χ2v) is 8.67. The fraction of sp³-hybridized carbons (Fsp3) is 0.789. The van der Waals surface area contributed by atoms with Crippen LogP contribution in [-0.2, 0) is 6.54 Å². The van der Waals surface area contributed by atoms with Crippen molar-refractivity contribution in [2.24, 2.45) is 23.7 Å². The molecular weight excluding hydrogens is 258 g/mol. The fourth-order valence-electron chi connectivity index (χ4n) is 6.01. The van der Waals surface area contributed by atoms with E-state index in [1.807, 2.05) is 0 Å². The maximum atomic E-state index is 6.08. The number of furan rings is 1. The van der Waals surface area contributed by atoms with E-state index in [2.05, 4.69) is 24.4 Å². The molecule has 5 aliphatic carbocycles. The van der Waals surface area contributed by atoms with Crippen LogP contribution in [0.2, 0.25) is 0 Å². The van der Waals surface area contributed by atoms with Gasteiger partial charge in [0, 0.05) is 11.5 Å². The summed E-state index contributed by atoms with van der Waals surface area (Å²) in [6.45, 7) is 3.26. The summed E-state index contributed by atoms with van der Waals surface area (Å²) in [5, 5.41) is 3.93. The minimum atomic E-state index is 0.453. The van der Waals surface area contributed by atoms with E-state index in [9.17, 15) is 0 Å². The first-order valence-electron chi connectivity index (χ1n) is 9.03. The maximum Gasteiger partial charge on any atom is 0.117 e. The Kier molecular flexibility index (Phi) is 2.66. The molecular formula is C19H27NO. The van der Waals surface area contributed by atoms with Crippen LogP contribution in [0.5, 0.6) is 0 Å². The van der Waals surface area contributed by atoms with E-state index in [0.29, 0.717) is 11.5 Å². The zero-order valence-electron chi connectivity index (χ0n) is 13.1. The molecule has 2 nitrogen and oxygen atoms in total. The molecule has 21 heavy (non-hydrogen) atoms. The largest absolute Gasteiger partial charge is 0.464 e. The van der Waals surface area contributed by atoms with E-state index in [1.165, 1.54) is 50.7 Å². The molecule has 6 rings (SSSR count). The van der Waals surface area contributed by atoms with Gasteiger partial charge in [-0.2, -0.15) is 0 Å². The van der Waals surface area contributed by atoms with Gasteiger partial charge < -0.3 is 9.73 Å². The van der Waals surface area contributed by atoms with Crippen molar-refractivity contribution < 1.29 is 4.42 Å². The van der Waals surface area contributed by atoms with Crippen molar-refractivity contribution in [2.75, 3.05) is 0 Å². The SMILES string of the molecule is CC1CC1c1ccc(CNC23CC4CC(CC(C4)C2)C3)o1. The van der Waals surface area contributed by atoms with Gasteiger partial charge in [0.15, 0.2) is 0 Å². The Hall–Kier alpha value is -0.760. The predicted octanol–water partition coefficient (Wildman–Crippen LogP) is 4.46. The van der Waals surface area contributed by atoms with Crippen LogP contribution in [0.4, 0.5) is 0 Å². The van der Waals surface area contributed by atoms with Gasteiger partial charge in [-0.1, -0.05) is 6.92 Å². The predicted molar refractivity (Wildman–Crippen MR) is 83.0 cm³/mol. The molecule has 5 aliphatic rings. The third-order valence-corrected chi connectivity index (χ3v) is 6.83. The van der Waals surface area contributed by atoms with Gasteiger partial charge in [-0.15, -0.1) is 0 Å². The highest BCUT2D eigenvalue weighted by Crippen LogP contribution is 2.55. The van der Waals surface area contributed by atoms with Crippen LogP contribution in [0.1, 0.15) is 69.3 Å². The van der Waals surface area contributed by atoms with Crippen LogP contribution in [-0.4, -0.2) is 5.54 Å². The lowest BCUT2D eigenvalue weighted by Crippen LogP contribution is -2.58. The van der Waals surface area contributed by atoms with Crippen LogP contribution in [0, 0.1) is 23.7 Å². The van der Waals surface area contributed by atoms with E-state index in [1.54, 1.807) is 0 Å². The van der Waals surface area contributed by atoms with Crippen LogP contribution in [0.25, 0.3) is 0 Å². The smallest absolute Gasteiger partial charge is 0.117 e. The number of rotatable bonds is 4. The lowest BCUT2D eigenvalue weighted by Gasteiger charge is -2.57. The van der Waals surface area contributed by atoms with Crippen molar-refractivity contribution in [1.82, 2.24) is 5.32 Å². The Bertz CT molecular complexity index is 510. The van der Waals surface area contributed by atoms with Gasteiger partial charge in [-0.05, 0) is 80.8 Å². The molecule has 4 bridgehead atoms. The van der Waals surface area contributed by atoms with Crippen LogP contribution < -0.4 is 5.32 Å². The van der Waals surface area contributed by atoms with Crippen molar-refractivity contribution >= 4 is 0 Å². The number of hydrogen-bond acceptors (Lipinski definition) is 2. The minimum Gasteiger partial charge on any atom is -0.464 e. The molecule has 0 radical (unpaired) electrons. The topological polar surface area (TPSA) is 25.2 Å². The molecule has 2 heteroatoms. The van der Waals surface area contributed by atoms with Crippen molar-refractivity contribution in [3.8, 4) is 0 Å². The van der Waals surface area contributed by atoms with E-state index < -0.39 is 0 Å². The molecule has 2 unspecified atom stereocenters. The van der Waals surface area contributed by atoms with Crippen LogP contribution in [0.15, 0.2) is 16.5 Å². The van der Waals surface area contributed by atoms with E-state index in [0.717, 1.165) is 36.0 Å². The summed E-state index contributed by atoms with van der Waals surface area (Å²) in [5.74, 6) is 6.97. The first kappa shape index (κ1) is 12.8. The third kappa shape index (κ3) is 2.18. The molecule has 1 heterocycles. The Morgan fingerprint density at radius 1 is 1.05 bits per heavy atom. The summed E-state index contributed by atoms with van der Waals surface area (Å²) < 4.78 is 6.08. The van der Waals surface area contributed by atoms with Crippen molar-refractivity contribution in [2.45, 2.75) is 69.9 Å². The molecule has 0 aromatic carbocycles. The van der Waals surface area contributed by atoms with Gasteiger partial charge in [0.2, 0.25) is 0 Å². The molecule has 5 fully saturated rings. The first-order chi connectivity index (χ1) is 10.2. The quantitative estimate of drug-likeness (QED) is 0.883. The van der Waals surface area contributed by atoms with Gasteiger partial charge in [0.1, 0.15) is 11.5 Å². The van der Waals surface area contributed by atoms with Gasteiger partial charge in [0.05, 0.1) is 6.54 Å². The summed E-state index contributed by atoms with van der Waals surface area (Å²) in [7, 11) is 0. The van der Waals surface area contributed by atoms with Crippen molar-refractivity contribution in [1.29, 1.82) is 0 Å². The van der Waals surface area contributed by atoms with Crippen molar-refractivity contribution in [3.05, 3.63) is 23.7 Å². The Labute approximate surface area is 127 Å². The zero-order valence-corrected chi connectivity index (χ0v) is 13.1. The average molecular weight is 285 g/mol. The Morgan fingerprint density at radius 2 is 1.67 bits per heavy atom. The highest BCUT2D eigenvalue weighted by Gasteiger charge is 2.50. The Balaban J connectivity index is 1.27. The molecule has 114 valence electrons. The summed E-state index contributed by atoms with van der Waals surface area (Å²) in [6, 6.07) is 4.42. The lowest BCUT2D eigenvalue weighted by atomic mass is 9.53. The van der Waals surface area contributed by atoms with E-state index in [-0.39, 0.29) is 0 Å². The van der Waals surface area contributed by atoms with Crippen molar-refractivity contribution in [3.63, 3.8) is 0 Å². The first-order valence-corrected chi connectivity index (χ1v) is 9.03. The normalized spacial score (nSPS) is 47.0. The van der Waals surface area contributed by atoms with Gasteiger partial charge in [0.25, 0.3) is 0 Å². The number of nitrogens with one attached hydrogen (secondary N) is 1. The summed E-state index contributed by atoms with van der Waals surface area (Å²) in [5.41, 5.74) is 0.453. The molecule has 0 spiro atoms. The molecule has 1 aromatic heterocycles. The van der Waals surface area contributed by atoms with Gasteiger partial charge >= 0.3 is 0 Å². The summed E-state index contributed by atoms with van der Waals surface area (Å²) in [6.07, 6.45) is 10.1. The average Bonchev–Trinajstić information content (AvgIpc) is 2.98. The maximum absolute atomic E-state index is 6.08. The fourth-order valence-corrected chi connectivity index (χ4v) is 6.01. The summed E-state index contributed by atoms with van der Waals surface area (Å²) >= 11 is 0. The minimum absolute atomic E-state index is 0.453. The second-order valence-electron chi connectivity index (χ2n) is 8.67. The monoisotopic (exact) mass is 285 g/mol. The summed E-state index contributed by atoms with van der Waals surface area (Å²) in [4.78, 5) is 0. The van der Waals surface area contributed by atoms with Crippen LogP contribution in [0.3, 0.4) is 0 Å². The molecule has 5 saturated carbocycles. The zero-order chi connectivity index (χ0) is 14.0.